The van der Waals surface area contributed by atoms with E-state index in [4.69, 9.17) is 0 Å². The molecule has 0 aliphatic heterocycles. The second-order valence-electron chi connectivity index (χ2n) is 5.14. The normalized spacial score (nSPS) is 11.4. The molecule has 0 fully saturated rings. The number of hydrogen-bond acceptors (Lipinski definition) is 1. The molecule has 18 heavy (non-hydrogen) atoms. The molecule has 0 spiro atoms. The lowest BCUT2D eigenvalue weighted by atomic mass is 10.2. The van der Waals surface area contributed by atoms with Gasteiger partial charge in [0.1, 0.15) is 8.24 Å². The maximum atomic E-state index is 3.61. The Morgan fingerprint density at radius 1 is 0.778 bits per heavy atom. The minimum Gasteiger partial charge on any atom is -0.340 e. The Balaban J connectivity index is 2.11. The van der Waals surface area contributed by atoms with Gasteiger partial charge in [0.05, 0.1) is 0 Å². The van der Waals surface area contributed by atoms with E-state index in [0.717, 1.165) is 0 Å². The van der Waals surface area contributed by atoms with E-state index < -0.39 is 8.24 Å². The zero-order valence-corrected chi connectivity index (χ0v) is 12.2. The lowest BCUT2D eigenvalue weighted by Crippen LogP contribution is -2.50. The van der Waals surface area contributed by atoms with Crippen molar-refractivity contribution in [3.05, 3.63) is 71.8 Å². The van der Waals surface area contributed by atoms with Gasteiger partial charge in [-0.15, -0.1) is 0 Å². The Kier molecular flexibility index (Phi) is 4.34. The van der Waals surface area contributed by atoms with E-state index in [1.165, 1.54) is 23.2 Å². The fourth-order valence-corrected chi connectivity index (χ4v) is 5.08. The maximum absolute atomic E-state index is 3.61. The molecule has 0 atom stereocenters. The van der Waals surface area contributed by atoms with Gasteiger partial charge in [-0.25, -0.2) is 0 Å². The van der Waals surface area contributed by atoms with Crippen molar-refractivity contribution in [2.45, 2.75) is 18.6 Å². The highest BCUT2D eigenvalue weighted by Crippen LogP contribution is 2.14. The second-order valence-corrected chi connectivity index (χ2v) is 9.46. The van der Waals surface area contributed by atoms with E-state index >= 15 is 0 Å². The molecule has 2 heteroatoms. The highest BCUT2D eigenvalue weighted by atomic mass is 28.3. The molecule has 0 aromatic heterocycles. The van der Waals surface area contributed by atoms with Crippen molar-refractivity contribution in [3.63, 3.8) is 0 Å². The lowest BCUT2D eigenvalue weighted by Gasteiger charge is -2.27. The summed E-state index contributed by atoms with van der Waals surface area (Å²) in [5.74, 6) is 0. The molecule has 0 bridgehead atoms. The molecule has 0 aliphatic carbocycles. The van der Waals surface area contributed by atoms with Crippen LogP contribution >= 0.6 is 0 Å². The highest BCUT2D eigenvalue weighted by Gasteiger charge is 2.25. The quantitative estimate of drug-likeness (QED) is 0.808. The van der Waals surface area contributed by atoms with Crippen molar-refractivity contribution in [2.75, 3.05) is 7.05 Å². The molecule has 0 amide bonds. The maximum Gasteiger partial charge on any atom is 0.131 e. The molecule has 2 aromatic carbocycles. The summed E-state index contributed by atoms with van der Waals surface area (Å²) in [5.41, 5.74) is 2.88. The van der Waals surface area contributed by atoms with Crippen LogP contribution in [-0.2, 0) is 12.1 Å². The molecule has 0 saturated heterocycles. The molecular weight excluding hydrogens is 234 g/mol. The first-order valence-electron chi connectivity index (χ1n) is 6.49. The van der Waals surface area contributed by atoms with Gasteiger partial charge in [-0.2, -0.15) is 0 Å². The third-order valence-corrected chi connectivity index (χ3v) is 7.06. The van der Waals surface area contributed by atoms with Crippen molar-refractivity contribution >= 4 is 8.24 Å². The molecule has 94 valence electrons. The van der Waals surface area contributed by atoms with E-state index in [0.29, 0.717) is 0 Å². The molecule has 0 unspecified atom stereocenters. The van der Waals surface area contributed by atoms with E-state index in [1.54, 1.807) is 0 Å². The summed E-state index contributed by atoms with van der Waals surface area (Å²) < 4.78 is 0. The van der Waals surface area contributed by atoms with E-state index in [1.807, 2.05) is 0 Å². The Hall–Kier alpha value is -1.38. The monoisotopic (exact) mass is 255 g/mol. The van der Waals surface area contributed by atoms with Crippen LogP contribution in [0.25, 0.3) is 0 Å². The minimum absolute atomic E-state index is 1.18. The van der Waals surface area contributed by atoms with Crippen molar-refractivity contribution in [3.8, 4) is 0 Å². The summed E-state index contributed by atoms with van der Waals surface area (Å²) in [7, 11) is 0.654. The Morgan fingerprint density at radius 2 is 1.17 bits per heavy atom. The van der Waals surface area contributed by atoms with Crippen LogP contribution in [-0.4, -0.2) is 15.3 Å². The smallest absolute Gasteiger partial charge is 0.131 e. The average Bonchev–Trinajstić information content (AvgIpc) is 2.41. The Morgan fingerprint density at radius 3 is 1.50 bits per heavy atom. The van der Waals surface area contributed by atoms with Crippen LogP contribution in [0.2, 0.25) is 6.55 Å². The molecule has 0 saturated carbocycles. The van der Waals surface area contributed by atoms with E-state index in [2.05, 4.69) is 79.2 Å². The van der Waals surface area contributed by atoms with Crippen LogP contribution in [0.5, 0.6) is 0 Å². The largest absolute Gasteiger partial charge is 0.340 e. The number of nitrogens with one attached hydrogen (secondary N) is 1. The summed E-state index contributed by atoms with van der Waals surface area (Å²) >= 11 is 0. The molecular formula is C16H21NSi. The molecule has 1 nitrogen and oxygen atoms in total. The fraction of sp³-hybridized carbons (Fsp3) is 0.250. The standard InChI is InChI=1S/C16H21NSi/c1-17-18(2,13-15-9-5-3-6-10-15)14-16-11-7-4-8-12-16/h3-12,17H,13-14H2,1-2H3. The third-order valence-electron chi connectivity index (χ3n) is 3.48. The van der Waals surface area contributed by atoms with Gasteiger partial charge in [0.25, 0.3) is 0 Å². The van der Waals surface area contributed by atoms with Gasteiger partial charge in [0.15, 0.2) is 0 Å². The third kappa shape index (κ3) is 3.55. The number of benzene rings is 2. The van der Waals surface area contributed by atoms with Crippen molar-refractivity contribution in [2.24, 2.45) is 0 Å². The van der Waals surface area contributed by atoms with Gasteiger partial charge in [0, 0.05) is 0 Å². The predicted molar refractivity (Wildman–Crippen MR) is 81.0 cm³/mol. The molecule has 0 radical (unpaired) electrons. The first kappa shape index (κ1) is 13.1. The molecule has 0 aliphatic rings. The zero-order valence-electron chi connectivity index (χ0n) is 11.2. The lowest BCUT2D eigenvalue weighted by molar-refractivity contribution is 1.04. The van der Waals surface area contributed by atoms with Gasteiger partial charge in [-0.3, -0.25) is 0 Å². The van der Waals surface area contributed by atoms with Crippen LogP contribution in [0.4, 0.5) is 0 Å². The van der Waals surface area contributed by atoms with Crippen LogP contribution in [0.3, 0.4) is 0 Å². The molecule has 0 heterocycles. The van der Waals surface area contributed by atoms with Crippen molar-refractivity contribution in [1.29, 1.82) is 0 Å². The average molecular weight is 255 g/mol. The Bertz CT molecular complexity index is 425. The number of rotatable bonds is 5. The predicted octanol–water partition coefficient (Wildman–Crippen LogP) is 3.34. The molecule has 2 aromatic rings. The van der Waals surface area contributed by atoms with E-state index in [-0.39, 0.29) is 0 Å². The van der Waals surface area contributed by atoms with Crippen LogP contribution in [0.15, 0.2) is 60.7 Å². The minimum atomic E-state index is -1.46. The van der Waals surface area contributed by atoms with Crippen molar-refractivity contribution < 1.29 is 0 Å². The second kappa shape index (κ2) is 5.98. The molecule has 1 N–H and O–H groups in total. The zero-order chi connectivity index (χ0) is 12.8. The van der Waals surface area contributed by atoms with Gasteiger partial charge in [-0.05, 0) is 30.3 Å². The first-order chi connectivity index (χ1) is 8.72. The van der Waals surface area contributed by atoms with Crippen molar-refractivity contribution in [1.82, 2.24) is 4.98 Å². The van der Waals surface area contributed by atoms with E-state index in [9.17, 15) is 0 Å². The van der Waals surface area contributed by atoms with Gasteiger partial charge >= 0.3 is 0 Å². The first-order valence-corrected chi connectivity index (χ1v) is 9.40. The topological polar surface area (TPSA) is 12.0 Å². The fourth-order valence-electron chi connectivity index (χ4n) is 2.33. The van der Waals surface area contributed by atoms with Gasteiger partial charge < -0.3 is 4.98 Å². The summed E-state index contributed by atoms with van der Waals surface area (Å²) in [6.07, 6.45) is 0. The van der Waals surface area contributed by atoms with Gasteiger partial charge in [0.2, 0.25) is 0 Å². The van der Waals surface area contributed by atoms with Crippen LogP contribution < -0.4 is 4.98 Å². The van der Waals surface area contributed by atoms with Crippen LogP contribution in [0.1, 0.15) is 11.1 Å². The molecule has 2 rings (SSSR count). The summed E-state index contributed by atoms with van der Waals surface area (Å²) in [5, 5.41) is 0. The van der Waals surface area contributed by atoms with Gasteiger partial charge in [-0.1, -0.05) is 67.2 Å². The summed E-state index contributed by atoms with van der Waals surface area (Å²) in [4.78, 5) is 3.61. The Labute approximate surface area is 111 Å². The number of hydrogen-bond donors (Lipinski definition) is 1. The summed E-state index contributed by atoms with van der Waals surface area (Å²) in [6.45, 7) is 2.42. The highest BCUT2D eigenvalue weighted by molar-refractivity contribution is 6.75. The summed E-state index contributed by atoms with van der Waals surface area (Å²) in [6, 6.07) is 24.0. The van der Waals surface area contributed by atoms with Crippen LogP contribution in [0, 0.1) is 0 Å². The SMILES string of the molecule is CN[Si](C)(Cc1ccccc1)Cc1ccccc1.